The summed E-state index contributed by atoms with van der Waals surface area (Å²) in [6.45, 7) is 4.20. The number of rotatable bonds is 2. The number of furan rings is 1. The smallest absolute Gasteiger partial charge is 0.289 e. The molecule has 0 spiro atoms. The number of likely N-dealkylation sites (tertiary alicyclic amines) is 1. The lowest BCUT2D eigenvalue weighted by Crippen LogP contribution is -2.34. The van der Waals surface area contributed by atoms with E-state index < -0.39 is 0 Å². The molecule has 28 heavy (non-hydrogen) atoms. The lowest BCUT2D eigenvalue weighted by atomic mass is 9.97. The Morgan fingerprint density at radius 1 is 1.14 bits per heavy atom. The Bertz CT molecular complexity index is 974. The molecule has 1 unspecified atom stereocenters. The summed E-state index contributed by atoms with van der Waals surface area (Å²) in [4.78, 5) is 17.2. The molecule has 2 aliphatic rings. The van der Waals surface area contributed by atoms with Gasteiger partial charge in [-0.1, -0.05) is 18.2 Å². The Balaban J connectivity index is 1.34. The number of likely N-dealkylation sites (N-methyl/N-ethyl adjacent to an activating group) is 1. The van der Waals surface area contributed by atoms with Gasteiger partial charge in [0.25, 0.3) is 5.91 Å². The predicted molar refractivity (Wildman–Crippen MR) is 105 cm³/mol. The minimum atomic E-state index is -0.0474. The van der Waals surface area contributed by atoms with Crippen LogP contribution in [0.5, 0.6) is 0 Å². The van der Waals surface area contributed by atoms with Crippen LogP contribution in [0.15, 0.2) is 34.7 Å². The van der Waals surface area contributed by atoms with E-state index in [0.29, 0.717) is 24.8 Å². The highest BCUT2D eigenvalue weighted by molar-refractivity contribution is 5.96. The average molecular weight is 379 g/mol. The molecular formula is C21H25N5O2. The van der Waals surface area contributed by atoms with Gasteiger partial charge in [0.15, 0.2) is 5.76 Å². The fraction of sp³-hybridized carbons (Fsp3) is 0.476. The fourth-order valence-electron chi connectivity index (χ4n) is 4.47. The van der Waals surface area contributed by atoms with Crippen molar-refractivity contribution in [3.05, 3.63) is 47.7 Å². The first kappa shape index (κ1) is 17.4. The van der Waals surface area contributed by atoms with E-state index in [1.807, 2.05) is 35.2 Å². The van der Waals surface area contributed by atoms with Crippen molar-refractivity contribution in [3.63, 3.8) is 0 Å². The summed E-state index contributed by atoms with van der Waals surface area (Å²) >= 11 is 0. The highest BCUT2D eigenvalue weighted by atomic mass is 16.3. The Kier molecular flexibility index (Phi) is 4.39. The maximum Gasteiger partial charge on any atom is 0.289 e. The third-order valence-electron chi connectivity index (χ3n) is 5.97. The van der Waals surface area contributed by atoms with E-state index in [1.54, 1.807) is 0 Å². The number of hydrogen-bond donors (Lipinski definition) is 0. The van der Waals surface area contributed by atoms with E-state index in [4.69, 9.17) is 4.42 Å². The molecule has 7 nitrogen and oxygen atoms in total. The van der Waals surface area contributed by atoms with Crippen LogP contribution in [0.2, 0.25) is 0 Å². The lowest BCUT2D eigenvalue weighted by Gasteiger charge is -2.29. The van der Waals surface area contributed by atoms with Crippen LogP contribution in [-0.4, -0.2) is 63.7 Å². The van der Waals surface area contributed by atoms with E-state index in [0.717, 1.165) is 55.1 Å². The van der Waals surface area contributed by atoms with Crippen LogP contribution in [0.3, 0.4) is 0 Å². The number of amides is 1. The van der Waals surface area contributed by atoms with Crippen molar-refractivity contribution in [2.24, 2.45) is 0 Å². The van der Waals surface area contributed by atoms with Crippen molar-refractivity contribution in [3.8, 4) is 0 Å². The molecule has 1 fully saturated rings. The lowest BCUT2D eigenvalue weighted by molar-refractivity contribution is 0.0729. The minimum Gasteiger partial charge on any atom is -0.451 e. The van der Waals surface area contributed by atoms with Gasteiger partial charge in [0.2, 0.25) is 0 Å². The van der Waals surface area contributed by atoms with Crippen LogP contribution in [0, 0.1) is 0 Å². The standard InChI is InChI=1S/C21H25N5O2/c1-24-9-4-6-16(14-24)20-23-22-19-8-10-25(11-12-26(19)20)21(27)18-13-15-5-2-3-7-17(15)28-18/h2-3,5,7,13,16H,4,6,8-12,14H2,1H3. The second-order valence-electron chi connectivity index (χ2n) is 7.92. The number of hydrogen-bond acceptors (Lipinski definition) is 5. The number of carbonyl (C=O) groups excluding carboxylic acids is 1. The molecule has 1 atom stereocenters. The van der Waals surface area contributed by atoms with Gasteiger partial charge in [0.05, 0.1) is 0 Å². The Morgan fingerprint density at radius 2 is 2.04 bits per heavy atom. The van der Waals surface area contributed by atoms with E-state index in [9.17, 15) is 4.79 Å². The number of aromatic nitrogens is 3. The van der Waals surface area contributed by atoms with Gasteiger partial charge >= 0.3 is 0 Å². The molecule has 0 bridgehead atoms. The number of benzene rings is 1. The molecule has 2 aromatic heterocycles. The molecule has 0 saturated carbocycles. The number of piperidine rings is 1. The average Bonchev–Trinajstić information content (AvgIpc) is 3.26. The van der Waals surface area contributed by atoms with Gasteiger partial charge in [-0.2, -0.15) is 0 Å². The SMILES string of the molecule is CN1CCCC(c2nnc3n2CCN(C(=O)c2cc4ccccc4o2)CC3)C1. The Hall–Kier alpha value is -2.67. The molecule has 0 aliphatic carbocycles. The molecule has 146 valence electrons. The first-order chi connectivity index (χ1) is 13.7. The van der Waals surface area contributed by atoms with Crippen LogP contribution >= 0.6 is 0 Å². The molecular weight excluding hydrogens is 354 g/mol. The zero-order chi connectivity index (χ0) is 19.1. The van der Waals surface area contributed by atoms with Gasteiger partial charge in [0.1, 0.15) is 17.2 Å². The van der Waals surface area contributed by atoms with Gasteiger partial charge in [-0.05, 0) is 38.6 Å². The summed E-state index contributed by atoms with van der Waals surface area (Å²) in [6, 6.07) is 9.57. The molecule has 4 heterocycles. The predicted octanol–water partition coefficient (Wildman–Crippen LogP) is 2.53. The zero-order valence-electron chi connectivity index (χ0n) is 16.2. The molecule has 5 rings (SSSR count). The number of fused-ring (bicyclic) bond motifs is 2. The summed E-state index contributed by atoms with van der Waals surface area (Å²) in [5.74, 6) is 2.86. The molecule has 1 amide bonds. The summed E-state index contributed by atoms with van der Waals surface area (Å²) in [7, 11) is 2.17. The highest BCUT2D eigenvalue weighted by Gasteiger charge is 2.28. The van der Waals surface area contributed by atoms with Crippen LogP contribution in [0.1, 0.15) is 41.0 Å². The van der Waals surface area contributed by atoms with Crippen LogP contribution < -0.4 is 0 Å². The van der Waals surface area contributed by atoms with Crippen LogP contribution in [0.4, 0.5) is 0 Å². The van der Waals surface area contributed by atoms with Crippen molar-refractivity contribution in [2.75, 3.05) is 33.2 Å². The quantitative estimate of drug-likeness (QED) is 0.684. The van der Waals surface area contributed by atoms with Crippen LogP contribution in [-0.2, 0) is 13.0 Å². The molecule has 2 aliphatic heterocycles. The highest BCUT2D eigenvalue weighted by Crippen LogP contribution is 2.27. The second kappa shape index (κ2) is 7.05. The van der Waals surface area contributed by atoms with E-state index >= 15 is 0 Å². The largest absolute Gasteiger partial charge is 0.451 e. The summed E-state index contributed by atoms with van der Waals surface area (Å²) in [5.41, 5.74) is 0.751. The van der Waals surface area contributed by atoms with Gasteiger partial charge in [-0.25, -0.2) is 0 Å². The van der Waals surface area contributed by atoms with Crippen LogP contribution in [0.25, 0.3) is 11.0 Å². The van der Waals surface area contributed by atoms with Gasteiger partial charge in [-0.3, -0.25) is 4.79 Å². The Morgan fingerprint density at radius 3 is 2.89 bits per heavy atom. The van der Waals surface area contributed by atoms with E-state index in [1.165, 1.54) is 6.42 Å². The van der Waals surface area contributed by atoms with Gasteiger partial charge in [0, 0.05) is 43.9 Å². The first-order valence-corrected chi connectivity index (χ1v) is 10.1. The van der Waals surface area contributed by atoms with Crippen molar-refractivity contribution < 1.29 is 9.21 Å². The molecule has 1 saturated heterocycles. The van der Waals surface area contributed by atoms with Gasteiger partial charge < -0.3 is 18.8 Å². The number of nitrogens with zero attached hydrogens (tertiary/aromatic N) is 5. The second-order valence-corrected chi connectivity index (χ2v) is 7.92. The van der Waals surface area contributed by atoms with Gasteiger partial charge in [-0.15, -0.1) is 10.2 Å². The number of para-hydroxylation sites is 1. The third-order valence-corrected chi connectivity index (χ3v) is 5.97. The first-order valence-electron chi connectivity index (χ1n) is 10.1. The topological polar surface area (TPSA) is 67.4 Å². The normalized spacial score (nSPS) is 20.9. The molecule has 0 radical (unpaired) electrons. The molecule has 7 heteroatoms. The molecule has 3 aromatic rings. The van der Waals surface area contributed by atoms with Crippen molar-refractivity contribution in [1.82, 2.24) is 24.6 Å². The molecule has 1 aromatic carbocycles. The summed E-state index contributed by atoms with van der Waals surface area (Å²) < 4.78 is 8.03. The Labute approximate surface area is 163 Å². The van der Waals surface area contributed by atoms with Crippen molar-refractivity contribution in [1.29, 1.82) is 0 Å². The summed E-state index contributed by atoms with van der Waals surface area (Å²) in [5, 5.41) is 9.93. The number of carbonyl (C=O) groups is 1. The molecule has 0 N–H and O–H groups in total. The van der Waals surface area contributed by atoms with E-state index in [2.05, 4.69) is 26.7 Å². The third kappa shape index (κ3) is 3.09. The van der Waals surface area contributed by atoms with Crippen molar-refractivity contribution in [2.45, 2.75) is 31.7 Å². The maximum absolute atomic E-state index is 13.0. The maximum atomic E-state index is 13.0. The van der Waals surface area contributed by atoms with E-state index in [-0.39, 0.29) is 5.91 Å². The summed E-state index contributed by atoms with van der Waals surface area (Å²) in [6.07, 6.45) is 3.08. The minimum absolute atomic E-state index is 0.0474. The fourth-order valence-corrected chi connectivity index (χ4v) is 4.47. The zero-order valence-corrected chi connectivity index (χ0v) is 16.2. The monoisotopic (exact) mass is 379 g/mol. The van der Waals surface area contributed by atoms with Crippen molar-refractivity contribution >= 4 is 16.9 Å².